The van der Waals surface area contributed by atoms with Crippen LogP contribution >= 0.6 is 0 Å². The lowest BCUT2D eigenvalue weighted by molar-refractivity contribution is -0.146. The molecule has 2 heterocycles. The molecule has 1 N–H and O–H groups in total. The Morgan fingerprint density at radius 2 is 1.64 bits per heavy atom. The van der Waals surface area contributed by atoms with Gasteiger partial charge in [-0.15, -0.1) is 0 Å². The average molecular weight is 444 g/mol. The molecule has 0 atom stereocenters. The molecule has 0 radical (unpaired) electrons. The normalized spacial score (nSPS) is 10.7. The van der Waals surface area contributed by atoms with Crippen LogP contribution in [0.15, 0.2) is 79.0 Å². The SMILES string of the molecule is CCOC(=O)CCC(=O)Oc1ccc(-c2nc3ccccn3c2NCc2ccccc2)cc1. The first kappa shape index (κ1) is 22.1. The molecule has 7 heteroatoms. The van der Waals surface area contributed by atoms with Crippen LogP contribution in [0.1, 0.15) is 25.3 Å². The van der Waals surface area contributed by atoms with Gasteiger partial charge < -0.3 is 14.8 Å². The average Bonchev–Trinajstić information content (AvgIpc) is 3.21. The Kier molecular flexibility index (Phi) is 6.99. The molecule has 4 rings (SSSR count). The molecule has 0 unspecified atom stereocenters. The van der Waals surface area contributed by atoms with Crippen LogP contribution in [0.2, 0.25) is 0 Å². The summed E-state index contributed by atoms with van der Waals surface area (Å²) in [4.78, 5) is 28.2. The number of hydrogen-bond acceptors (Lipinski definition) is 6. The van der Waals surface area contributed by atoms with Crippen LogP contribution in [0.25, 0.3) is 16.9 Å². The van der Waals surface area contributed by atoms with Crippen molar-refractivity contribution >= 4 is 23.4 Å². The number of fused-ring (bicyclic) bond motifs is 1. The van der Waals surface area contributed by atoms with Gasteiger partial charge in [0.15, 0.2) is 0 Å². The molecule has 0 aliphatic carbocycles. The van der Waals surface area contributed by atoms with Crippen LogP contribution in [0, 0.1) is 0 Å². The fraction of sp³-hybridized carbons (Fsp3) is 0.192. The highest BCUT2D eigenvalue weighted by atomic mass is 16.5. The number of hydrogen-bond donors (Lipinski definition) is 1. The topological polar surface area (TPSA) is 81.9 Å². The van der Waals surface area contributed by atoms with Crippen molar-refractivity contribution in [2.45, 2.75) is 26.3 Å². The maximum atomic E-state index is 12.0. The highest BCUT2D eigenvalue weighted by molar-refractivity contribution is 5.80. The molecule has 0 spiro atoms. The summed E-state index contributed by atoms with van der Waals surface area (Å²) in [6, 6.07) is 23.2. The van der Waals surface area contributed by atoms with Gasteiger partial charge >= 0.3 is 11.9 Å². The molecule has 0 aliphatic heterocycles. The molecule has 7 nitrogen and oxygen atoms in total. The van der Waals surface area contributed by atoms with Crippen LogP contribution in [0.4, 0.5) is 5.82 Å². The molecular formula is C26H25N3O4. The second-order valence-corrected chi connectivity index (χ2v) is 7.38. The number of ether oxygens (including phenoxy) is 2. The van der Waals surface area contributed by atoms with Crippen molar-refractivity contribution in [2.24, 2.45) is 0 Å². The van der Waals surface area contributed by atoms with E-state index in [0.717, 1.165) is 22.7 Å². The lowest BCUT2D eigenvalue weighted by Gasteiger charge is -2.10. The van der Waals surface area contributed by atoms with E-state index in [9.17, 15) is 9.59 Å². The molecule has 4 aromatic rings. The molecule has 0 aliphatic rings. The molecule has 168 valence electrons. The number of nitrogens with zero attached hydrogens (tertiary/aromatic N) is 2. The Hall–Kier alpha value is -4.13. The number of aromatic nitrogens is 2. The Morgan fingerprint density at radius 1 is 0.909 bits per heavy atom. The highest BCUT2D eigenvalue weighted by Gasteiger charge is 2.15. The second kappa shape index (κ2) is 10.5. The molecule has 0 amide bonds. The lowest BCUT2D eigenvalue weighted by Crippen LogP contribution is -2.12. The molecule has 2 aromatic carbocycles. The van der Waals surface area contributed by atoms with E-state index in [1.807, 2.05) is 59.1 Å². The monoisotopic (exact) mass is 443 g/mol. The third kappa shape index (κ3) is 5.57. The number of esters is 2. The van der Waals surface area contributed by atoms with Crippen LogP contribution in [0.5, 0.6) is 5.75 Å². The van der Waals surface area contributed by atoms with E-state index in [2.05, 4.69) is 17.4 Å². The standard InChI is InChI=1S/C26H25N3O4/c1-2-32-23(30)15-16-24(31)33-21-13-11-20(12-14-21)25-26(27-18-19-8-4-3-5-9-19)29-17-7-6-10-22(29)28-25/h3-14,17,27H,2,15-16,18H2,1H3. The fourth-order valence-electron chi connectivity index (χ4n) is 3.45. The van der Waals surface area contributed by atoms with Crippen LogP contribution in [-0.2, 0) is 20.9 Å². The number of carbonyl (C=O) groups is 2. The van der Waals surface area contributed by atoms with Crippen LogP contribution in [0.3, 0.4) is 0 Å². The van der Waals surface area contributed by atoms with E-state index in [1.165, 1.54) is 5.56 Å². The minimum absolute atomic E-state index is 0.00243. The summed E-state index contributed by atoms with van der Waals surface area (Å²) < 4.78 is 12.2. The Bertz CT molecular complexity index is 1230. The third-order valence-corrected chi connectivity index (χ3v) is 5.03. The van der Waals surface area contributed by atoms with Gasteiger partial charge in [-0.05, 0) is 48.9 Å². The van der Waals surface area contributed by atoms with Crippen molar-refractivity contribution in [3.63, 3.8) is 0 Å². The van der Waals surface area contributed by atoms with E-state index >= 15 is 0 Å². The van der Waals surface area contributed by atoms with Crippen molar-refractivity contribution in [2.75, 3.05) is 11.9 Å². The summed E-state index contributed by atoms with van der Waals surface area (Å²) in [7, 11) is 0. The summed E-state index contributed by atoms with van der Waals surface area (Å²) in [5, 5.41) is 3.51. The molecule has 33 heavy (non-hydrogen) atoms. The first-order valence-electron chi connectivity index (χ1n) is 10.9. The van der Waals surface area contributed by atoms with E-state index in [0.29, 0.717) is 18.9 Å². The quantitative estimate of drug-likeness (QED) is 0.294. The minimum atomic E-state index is -0.478. The van der Waals surface area contributed by atoms with Crippen molar-refractivity contribution in [1.82, 2.24) is 9.38 Å². The molecule has 0 saturated heterocycles. The van der Waals surface area contributed by atoms with Gasteiger partial charge in [0.25, 0.3) is 0 Å². The third-order valence-electron chi connectivity index (χ3n) is 5.03. The van der Waals surface area contributed by atoms with Gasteiger partial charge in [0.1, 0.15) is 22.9 Å². The van der Waals surface area contributed by atoms with Crippen LogP contribution in [-0.4, -0.2) is 27.9 Å². The van der Waals surface area contributed by atoms with Gasteiger partial charge in [-0.25, -0.2) is 4.98 Å². The highest BCUT2D eigenvalue weighted by Crippen LogP contribution is 2.30. The molecular weight excluding hydrogens is 418 g/mol. The summed E-state index contributed by atoms with van der Waals surface area (Å²) in [5.74, 6) is 0.407. The van der Waals surface area contributed by atoms with Gasteiger partial charge in [-0.1, -0.05) is 36.4 Å². The van der Waals surface area contributed by atoms with Crippen molar-refractivity contribution in [1.29, 1.82) is 0 Å². The summed E-state index contributed by atoms with van der Waals surface area (Å²) >= 11 is 0. The zero-order valence-corrected chi connectivity index (χ0v) is 18.4. The predicted molar refractivity (Wildman–Crippen MR) is 126 cm³/mol. The number of benzene rings is 2. The number of anilines is 1. The zero-order valence-electron chi connectivity index (χ0n) is 18.4. The van der Waals surface area contributed by atoms with Gasteiger partial charge in [-0.2, -0.15) is 0 Å². The number of imidazole rings is 1. The van der Waals surface area contributed by atoms with E-state index in [1.54, 1.807) is 19.1 Å². The van der Waals surface area contributed by atoms with Crippen molar-refractivity contribution in [3.8, 4) is 17.0 Å². The van der Waals surface area contributed by atoms with Gasteiger partial charge in [0, 0.05) is 18.3 Å². The van der Waals surface area contributed by atoms with Gasteiger partial charge in [0.2, 0.25) is 0 Å². The predicted octanol–water partition coefficient (Wildman–Crippen LogP) is 4.86. The van der Waals surface area contributed by atoms with Crippen molar-refractivity contribution < 1.29 is 19.1 Å². The second-order valence-electron chi connectivity index (χ2n) is 7.38. The zero-order chi connectivity index (χ0) is 23.0. The minimum Gasteiger partial charge on any atom is -0.466 e. The lowest BCUT2D eigenvalue weighted by atomic mass is 10.1. The fourth-order valence-corrected chi connectivity index (χ4v) is 3.45. The first-order valence-corrected chi connectivity index (χ1v) is 10.9. The largest absolute Gasteiger partial charge is 0.466 e. The molecule has 0 bridgehead atoms. The summed E-state index contributed by atoms with van der Waals surface area (Å²) in [6.45, 7) is 2.68. The smallest absolute Gasteiger partial charge is 0.311 e. The number of rotatable bonds is 9. The summed E-state index contributed by atoms with van der Waals surface area (Å²) in [5.41, 5.74) is 3.69. The molecule has 0 saturated carbocycles. The van der Waals surface area contributed by atoms with Crippen molar-refractivity contribution in [3.05, 3.63) is 84.6 Å². The number of pyridine rings is 1. The number of nitrogens with one attached hydrogen (secondary N) is 1. The van der Waals surface area contributed by atoms with E-state index in [-0.39, 0.29) is 12.8 Å². The maximum absolute atomic E-state index is 12.0. The summed E-state index contributed by atoms with van der Waals surface area (Å²) in [6.07, 6.45) is 1.95. The Balaban J connectivity index is 1.50. The Labute approximate surface area is 192 Å². The molecule has 2 aromatic heterocycles. The maximum Gasteiger partial charge on any atom is 0.311 e. The van der Waals surface area contributed by atoms with E-state index in [4.69, 9.17) is 14.5 Å². The van der Waals surface area contributed by atoms with Crippen LogP contribution < -0.4 is 10.1 Å². The van der Waals surface area contributed by atoms with E-state index < -0.39 is 11.9 Å². The molecule has 0 fully saturated rings. The number of carbonyl (C=O) groups excluding carboxylic acids is 2. The Morgan fingerprint density at radius 3 is 2.39 bits per heavy atom. The van der Waals surface area contributed by atoms with Gasteiger partial charge in [0.05, 0.1) is 19.4 Å². The first-order chi connectivity index (χ1) is 16.1. The van der Waals surface area contributed by atoms with Gasteiger partial charge in [-0.3, -0.25) is 14.0 Å².